The average Bonchev–Trinajstić information content (AvgIpc) is 3.39. The summed E-state index contributed by atoms with van der Waals surface area (Å²) in [4.78, 5) is 18.9. The number of amides is 1. The second-order valence-corrected chi connectivity index (χ2v) is 6.04. The van der Waals surface area contributed by atoms with Gasteiger partial charge in [0.25, 0.3) is 0 Å². The lowest BCUT2D eigenvalue weighted by Gasteiger charge is -2.07. The van der Waals surface area contributed by atoms with Crippen LogP contribution in [0.3, 0.4) is 0 Å². The molecular formula is C18H14FN7O. The summed E-state index contributed by atoms with van der Waals surface area (Å²) in [5.41, 5.74) is 1.60. The molecule has 1 aliphatic carbocycles. The highest BCUT2D eigenvalue weighted by molar-refractivity contribution is 5.96. The Labute approximate surface area is 152 Å². The molecule has 3 aromatic heterocycles. The molecule has 0 unspecified atom stereocenters. The number of hydrogen-bond donors (Lipinski definition) is 2. The highest BCUT2D eigenvalue weighted by Gasteiger charge is 2.18. The van der Waals surface area contributed by atoms with Gasteiger partial charge in [-0.05, 0) is 0 Å². The number of anilines is 1. The molecule has 1 aromatic carbocycles. The van der Waals surface area contributed by atoms with Gasteiger partial charge in [-0.15, -0.1) is 0 Å². The maximum Gasteiger partial charge on any atom is 0.212 e. The lowest BCUT2D eigenvalue weighted by molar-refractivity contribution is -0.105. The van der Waals surface area contributed by atoms with Crippen LogP contribution in [0.15, 0.2) is 30.9 Å². The van der Waals surface area contributed by atoms with Crippen molar-refractivity contribution in [2.45, 2.75) is 19.3 Å². The maximum atomic E-state index is 14.2. The average molecular weight is 363 g/mol. The number of imidazole rings is 1. The monoisotopic (exact) mass is 363 g/mol. The van der Waals surface area contributed by atoms with Gasteiger partial charge >= 0.3 is 0 Å². The van der Waals surface area contributed by atoms with Crippen LogP contribution in [-0.4, -0.2) is 31.0 Å². The van der Waals surface area contributed by atoms with Crippen molar-refractivity contribution in [1.82, 2.24) is 24.6 Å². The van der Waals surface area contributed by atoms with Crippen molar-refractivity contribution in [1.29, 1.82) is 5.26 Å². The lowest BCUT2D eigenvalue weighted by Crippen LogP contribution is -1.96. The molecule has 0 bridgehead atoms. The summed E-state index contributed by atoms with van der Waals surface area (Å²) < 4.78 is 15.8. The SMILES string of the molecule is C1CC1.N#Cc1c(F)cc2[nH]ncc2c1-c1cn2cc(NC=O)nc2cn1. The molecule has 0 saturated heterocycles. The van der Waals surface area contributed by atoms with Crippen molar-refractivity contribution in [2.75, 3.05) is 5.32 Å². The first kappa shape index (κ1) is 16.7. The van der Waals surface area contributed by atoms with Gasteiger partial charge in [0.05, 0.1) is 35.4 Å². The molecule has 9 heteroatoms. The number of aromatic amines is 1. The van der Waals surface area contributed by atoms with Crippen LogP contribution in [0.1, 0.15) is 24.8 Å². The van der Waals surface area contributed by atoms with Gasteiger partial charge in [-0.1, -0.05) is 19.3 Å². The van der Waals surface area contributed by atoms with Crippen molar-refractivity contribution in [3.63, 3.8) is 0 Å². The van der Waals surface area contributed by atoms with Crippen molar-refractivity contribution in [2.24, 2.45) is 0 Å². The highest BCUT2D eigenvalue weighted by atomic mass is 19.1. The van der Waals surface area contributed by atoms with Gasteiger partial charge in [0, 0.05) is 23.2 Å². The van der Waals surface area contributed by atoms with Crippen molar-refractivity contribution >= 4 is 28.8 Å². The number of halogens is 1. The van der Waals surface area contributed by atoms with Gasteiger partial charge in [-0.2, -0.15) is 10.4 Å². The molecule has 4 aromatic rings. The van der Waals surface area contributed by atoms with Crippen LogP contribution in [0.4, 0.5) is 10.2 Å². The lowest BCUT2D eigenvalue weighted by atomic mass is 10.0. The number of aromatic nitrogens is 5. The summed E-state index contributed by atoms with van der Waals surface area (Å²) in [6.45, 7) is 0. The van der Waals surface area contributed by atoms with Crippen LogP contribution < -0.4 is 5.32 Å². The third-order valence-electron chi connectivity index (χ3n) is 3.97. The Balaban J connectivity index is 0.000000547. The van der Waals surface area contributed by atoms with E-state index in [0.717, 1.165) is 0 Å². The van der Waals surface area contributed by atoms with E-state index in [2.05, 4.69) is 25.5 Å². The van der Waals surface area contributed by atoms with Gasteiger partial charge in [-0.25, -0.2) is 9.37 Å². The van der Waals surface area contributed by atoms with E-state index in [9.17, 15) is 14.4 Å². The molecule has 8 nitrogen and oxygen atoms in total. The third-order valence-corrected chi connectivity index (χ3v) is 3.97. The third kappa shape index (κ3) is 3.20. The zero-order valence-corrected chi connectivity index (χ0v) is 14.1. The summed E-state index contributed by atoms with van der Waals surface area (Å²) in [6.07, 6.45) is 11.2. The number of hydrogen-bond acceptors (Lipinski definition) is 5. The van der Waals surface area contributed by atoms with Gasteiger partial charge in [0.2, 0.25) is 6.41 Å². The molecule has 1 aliphatic rings. The molecule has 0 atom stereocenters. The van der Waals surface area contributed by atoms with Gasteiger partial charge in [0.1, 0.15) is 11.9 Å². The zero-order valence-electron chi connectivity index (χ0n) is 14.1. The number of nitrogens with zero attached hydrogens (tertiary/aromatic N) is 5. The first-order valence-corrected chi connectivity index (χ1v) is 8.32. The number of H-pyrrole nitrogens is 1. The Bertz CT molecular complexity index is 1180. The molecule has 0 spiro atoms. The fourth-order valence-corrected chi connectivity index (χ4v) is 2.59. The van der Waals surface area contributed by atoms with E-state index < -0.39 is 5.82 Å². The van der Waals surface area contributed by atoms with Crippen molar-refractivity contribution in [3.8, 4) is 17.3 Å². The highest BCUT2D eigenvalue weighted by Crippen LogP contribution is 2.32. The minimum atomic E-state index is -0.653. The summed E-state index contributed by atoms with van der Waals surface area (Å²) >= 11 is 0. The number of carbonyl (C=O) groups excluding carboxylic acids is 1. The Hall–Kier alpha value is -3.80. The van der Waals surface area contributed by atoms with Crippen LogP contribution in [0.5, 0.6) is 0 Å². The number of nitriles is 1. The van der Waals surface area contributed by atoms with E-state index in [-0.39, 0.29) is 5.56 Å². The fourth-order valence-electron chi connectivity index (χ4n) is 2.59. The quantitative estimate of drug-likeness (QED) is 0.543. The predicted octanol–water partition coefficient (Wildman–Crippen LogP) is 3.02. The zero-order chi connectivity index (χ0) is 18.8. The van der Waals surface area contributed by atoms with Crippen molar-refractivity contribution < 1.29 is 9.18 Å². The number of carbonyl (C=O) groups is 1. The normalized spacial score (nSPS) is 12.3. The second kappa shape index (κ2) is 6.84. The molecule has 134 valence electrons. The van der Waals surface area contributed by atoms with Crippen LogP contribution in [0.25, 0.3) is 27.8 Å². The summed E-state index contributed by atoms with van der Waals surface area (Å²) in [5, 5.41) is 18.9. The molecule has 0 aliphatic heterocycles. The fraction of sp³-hybridized carbons (Fsp3) is 0.167. The number of nitrogens with one attached hydrogen (secondary N) is 2. The van der Waals surface area contributed by atoms with E-state index in [4.69, 9.17) is 0 Å². The molecule has 1 saturated carbocycles. The largest absolute Gasteiger partial charge is 0.312 e. The van der Waals surface area contributed by atoms with Crippen LogP contribution in [0, 0.1) is 17.1 Å². The molecule has 0 radical (unpaired) electrons. The maximum absolute atomic E-state index is 14.2. The summed E-state index contributed by atoms with van der Waals surface area (Å²) in [6, 6.07) is 3.11. The van der Waals surface area contributed by atoms with E-state index in [0.29, 0.717) is 40.0 Å². The Kier molecular flexibility index (Phi) is 4.22. The molecule has 5 rings (SSSR count). The Morgan fingerprint density at radius 1 is 1.30 bits per heavy atom. The van der Waals surface area contributed by atoms with Gasteiger partial charge < -0.3 is 9.72 Å². The predicted molar refractivity (Wildman–Crippen MR) is 96.3 cm³/mol. The van der Waals surface area contributed by atoms with Crippen LogP contribution in [-0.2, 0) is 4.79 Å². The molecule has 2 N–H and O–H groups in total. The van der Waals surface area contributed by atoms with E-state index >= 15 is 0 Å². The molecule has 1 fully saturated rings. The van der Waals surface area contributed by atoms with Crippen LogP contribution in [0.2, 0.25) is 0 Å². The Morgan fingerprint density at radius 2 is 2.11 bits per heavy atom. The van der Waals surface area contributed by atoms with E-state index in [1.165, 1.54) is 37.7 Å². The number of rotatable bonds is 3. The molecular weight excluding hydrogens is 349 g/mol. The molecule has 3 heterocycles. The summed E-state index contributed by atoms with van der Waals surface area (Å²) in [7, 11) is 0. The number of benzene rings is 1. The van der Waals surface area contributed by atoms with E-state index in [1.54, 1.807) is 16.8 Å². The second-order valence-electron chi connectivity index (χ2n) is 6.04. The van der Waals surface area contributed by atoms with E-state index in [1.807, 2.05) is 6.07 Å². The Morgan fingerprint density at radius 3 is 2.81 bits per heavy atom. The number of fused-ring (bicyclic) bond motifs is 2. The molecule has 27 heavy (non-hydrogen) atoms. The first-order valence-electron chi connectivity index (χ1n) is 8.32. The van der Waals surface area contributed by atoms with Crippen LogP contribution >= 0.6 is 0 Å². The standard InChI is InChI=1S/C15H8FN7O.C3H6/c16-10-1-11-9(3-20-22-11)15(8(10)2-17)12-5-23-6-13(19-7-24)21-14(23)4-18-12;1-2-3-1/h1,3-7H,(H,19,24)(H,20,22);1-3H2. The van der Waals surface area contributed by atoms with Gasteiger partial charge in [0.15, 0.2) is 11.5 Å². The topological polar surface area (TPSA) is 112 Å². The smallest absolute Gasteiger partial charge is 0.212 e. The first-order chi connectivity index (χ1) is 13.2. The van der Waals surface area contributed by atoms with Gasteiger partial charge in [-0.3, -0.25) is 14.9 Å². The minimum absolute atomic E-state index is 0.109. The molecule has 1 amide bonds. The van der Waals surface area contributed by atoms with Crippen molar-refractivity contribution in [3.05, 3.63) is 42.2 Å². The summed E-state index contributed by atoms with van der Waals surface area (Å²) in [5.74, 6) is -0.294. The minimum Gasteiger partial charge on any atom is -0.312 e.